The fourth-order valence-electron chi connectivity index (χ4n) is 1.12. The van der Waals surface area contributed by atoms with Gasteiger partial charge in [0.05, 0.1) is 0 Å². The van der Waals surface area contributed by atoms with Crippen LogP contribution in [0.3, 0.4) is 0 Å². The van der Waals surface area contributed by atoms with E-state index >= 15 is 0 Å². The standard InChI is InChI=1S/C10H9N2.HI.Pd/c1-2-4-10(5-3-1)8-12-7-6-11-9-12;;/h1-7H,8H2;1H;/q-1;;+2/p-1. The van der Waals surface area contributed by atoms with E-state index in [0.29, 0.717) is 0 Å². The van der Waals surface area contributed by atoms with Gasteiger partial charge in [-0.3, -0.25) is 0 Å². The Bertz CT molecular complexity index is 334. The molecule has 76 valence electrons. The van der Waals surface area contributed by atoms with Gasteiger partial charge in [0.1, 0.15) is 0 Å². The van der Waals surface area contributed by atoms with Crippen molar-refractivity contribution in [2.24, 2.45) is 0 Å². The molecule has 0 aliphatic heterocycles. The molecule has 0 fully saturated rings. The van der Waals surface area contributed by atoms with E-state index in [2.05, 4.69) is 39.0 Å². The first kappa shape index (κ1) is 11.9. The molecular weight excluding hydrogens is 381 g/mol. The van der Waals surface area contributed by atoms with E-state index in [0.717, 1.165) is 6.54 Å². The Balaban J connectivity index is 0.000000461. The van der Waals surface area contributed by atoms with E-state index in [9.17, 15) is 0 Å². The van der Waals surface area contributed by atoms with Crippen LogP contribution in [0.15, 0.2) is 42.7 Å². The topological polar surface area (TPSA) is 17.8 Å². The van der Waals surface area contributed by atoms with Crippen molar-refractivity contribution in [1.82, 2.24) is 9.55 Å². The number of aromatic nitrogens is 2. The number of halogens is 1. The fourth-order valence-corrected chi connectivity index (χ4v) is 1.12. The number of nitrogens with zero attached hydrogens (tertiary/aromatic N) is 2. The third-order valence-electron chi connectivity index (χ3n) is 1.70. The monoisotopic (exact) mass is 390 g/mol. The molecule has 2 aromatic rings. The SMILES string of the molecule is [Pd+][I].[c-]1nccn1Cc1ccccc1. The van der Waals surface area contributed by atoms with Gasteiger partial charge in [-0.25, -0.2) is 0 Å². The third-order valence-corrected chi connectivity index (χ3v) is 1.70. The number of rotatable bonds is 2. The summed E-state index contributed by atoms with van der Waals surface area (Å²) in [6.07, 6.45) is 6.50. The molecule has 0 amide bonds. The molecule has 0 saturated carbocycles. The van der Waals surface area contributed by atoms with Gasteiger partial charge in [0.15, 0.2) is 0 Å². The molecule has 1 aromatic carbocycles. The van der Waals surface area contributed by atoms with Gasteiger partial charge in [0.2, 0.25) is 0 Å². The van der Waals surface area contributed by atoms with E-state index in [-0.39, 0.29) is 0 Å². The molecule has 0 aliphatic carbocycles. The van der Waals surface area contributed by atoms with Crippen LogP contribution < -0.4 is 0 Å². The van der Waals surface area contributed by atoms with Crippen molar-refractivity contribution < 1.29 is 15.6 Å². The molecule has 4 heteroatoms. The van der Waals surface area contributed by atoms with Crippen LogP contribution in [0.2, 0.25) is 0 Å². The minimum absolute atomic E-state index is 0.848. The van der Waals surface area contributed by atoms with Crippen molar-refractivity contribution in [1.29, 1.82) is 0 Å². The van der Waals surface area contributed by atoms with E-state index in [1.54, 1.807) is 6.20 Å². The van der Waals surface area contributed by atoms with Crippen LogP contribution in [0.1, 0.15) is 5.56 Å². The summed E-state index contributed by atoms with van der Waals surface area (Å²) in [5.74, 6) is 0. The summed E-state index contributed by atoms with van der Waals surface area (Å²) in [5, 5.41) is 0. The van der Waals surface area contributed by atoms with Crippen molar-refractivity contribution in [2.45, 2.75) is 6.54 Å². The van der Waals surface area contributed by atoms with Crippen LogP contribution in [0.4, 0.5) is 0 Å². The van der Waals surface area contributed by atoms with E-state index in [1.165, 1.54) is 5.56 Å². The van der Waals surface area contributed by atoms with E-state index in [4.69, 9.17) is 0 Å². The minimum Gasteiger partial charge on any atom is -0.450 e. The first-order valence-corrected chi connectivity index (χ1v) is 8.62. The van der Waals surface area contributed by atoms with Gasteiger partial charge in [0, 0.05) is 12.9 Å². The van der Waals surface area contributed by atoms with Crippen LogP contribution in [-0.2, 0) is 22.1 Å². The van der Waals surface area contributed by atoms with Gasteiger partial charge < -0.3 is 9.55 Å². The summed E-state index contributed by atoms with van der Waals surface area (Å²) in [7, 11) is 0. The Kier molecular flexibility index (Phi) is 6.08. The van der Waals surface area contributed by atoms with Crippen molar-refractivity contribution in [3.05, 3.63) is 54.6 Å². The molecule has 0 saturated heterocycles. The summed E-state index contributed by atoms with van der Waals surface area (Å²) in [6, 6.07) is 10.3. The summed E-state index contributed by atoms with van der Waals surface area (Å²) in [5.41, 5.74) is 1.27. The van der Waals surface area contributed by atoms with E-state index in [1.807, 2.05) is 48.5 Å². The largest absolute Gasteiger partial charge is 0.450 e. The molecule has 0 radical (unpaired) electrons. The van der Waals surface area contributed by atoms with Crippen LogP contribution in [0.25, 0.3) is 0 Å². The second-order valence-electron chi connectivity index (χ2n) is 2.64. The van der Waals surface area contributed by atoms with Crippen LogP contribution in [-0.4, -0.2) is 9.55 Å². The Morgan fingerprint density at radius 3 is 2.57 bits per heavy atom. The Hall–Kier alpha value is -0.178. The molecule has 1 aromatic heterocycles. The molecule has 0 unspecified atom stereocenters. The molecule has 2 rings (SSSR count). The summed E-state index contributed by atoms with van der Waals surface area (Å²) in [6.45, 7) is 0.848. The Morgan fingerprint density at radius 1 is 1.29 bits per heavy atom. The predicted octanol–water partition coefficient (Wildman–Crippen LogP) is 2.61. The van der Waals surface area contributed by atoms with Crippen LogP contribution >= 0.6 is 19.5 Å². The maximum atomic E-state index is 3.86. The second-order valence-corrected chi connectivity index (χ2v) is 2.64. The summed E-state index contributed by atoms with van der Waals surface area (Å²) in [4.78, 5) is 3.86. The molecule has 0 bridgehead atoms. The maximum Gasteiger partial charge on any atom is 0.0247 e. The van der Waals surface area contributed by atoms with Crippen molar-refractivity contribution >= 4 is 19.5 Å². The minimum atomic E-state index is 0.848. The van der Waals surface area contributed by atoms with Crippen molar-refractivity contribution in [3.8, 4) is 0 Å². The van der Waals surface area contributed by atoms with Gasteiger partial charge in [0.25, 0.3) is 0 Å². The molecule has 0 spiro atoms. The van der Waals surface area contributed by atoms with Crippen LogP contribution in [0, 0.1) is 6.33 Å². The fraction of sp³-hybridized carbons (Fsp3) is 0.100. The first-order valence-electron chi connectivity index (χ1n) is 4.00. The van der Waals surface area contributed by atoms with Crippen LogP contribution in [0.5, 0.6) is 0 Å². The van der Waals surface area contributed by atoms with Gasteiger partial charge in [-0.15, -0.1) is 12.4 Å². The number of hydrogen-bond acceptors (Lipinski definition) is 1. The number of imidazole rings is 1. The zero-order chi connectivity index (χ0) is 10.2. The zero-order valence-electron chi connectivity index (χ0n) is 7.34. The van der Waals surface area contributed by atoms with E-state index < -0.39 is 0 Å². The number of hydrogen-bond donors (Lipinski definition) is 0. The molecule has 2 nitrogen and oxygen atoms in total. The molecule has 1 heterocycles. The average Bonchev–Trinajstić information content (AvgIpc) is 2.75. The average molecular weight is 391 g/mol. The zero-order valence-corrected chi connectivity index (χ0v) is 11.0. The molecule has 14 heavy (non-hydrogen) atoms. The van der Waals surface area contributed by atoms with Gasteiger partial charge >= 0.3 is 35.1 Å². The summed E-state index contributed by atoms with van der Waals surface area (Å²) < 4.78 is 1.93. The summed E-state index contributed by atoms with van der Waals surface area (Å²) >= 11 is 4.72. The molecule has 0 atom stereocenters. The van der Waals surface area contributed by atoms with Gasteiger partial charge in [-0.05, 0) is 5.56 Å². The van der Waals surface area contributed by atoms with Gasteiger partial charge in [-0.2, -0.15) is 0 Å². The Morgan fingerprint density at radius 2 is 2.00 bits per heavy atom. The molecule has 0 aliphatic rings. The smallest absolute Gasteiger partial charge is 0.0247 e. The predicted molar refractivity (Wildman–Crippen MR) is 60.6 cm³/mol. The molecular formula is C10H9IN2Pd. The second kappa shape index (κ2) is 7.16. The van der Waals surface area contributed by atoms with Gasteiger partial charge in [-0.1, -0.05) is 30.3 Å². The van der Waals surface area contributed by atoms with Crippen molar-refractivity contribution in [2.75, 3.05) is 0 Å². The first-order chi connectivity index (χ1) is 6.95. The molecule has 0 N–H and O–H groups in total. The quantitative estimate of drug-likeness (QED) is 0.438. The number of benzene rings is 1. The maximum absolute atomic E-state index is 3.86. The third kappa shape index (κ3) is 3.91. The Labute approximate surface area is 105 Å². The normalized spacial score (nSPS) is 9.07. The van der Waals surface area contributed by atoms with Crippen molar-refractivity contribution in [3.63, 3.8) is 0 Å².